The van der Waals surface area contributed by atoms with E-state index in [1.54, 1.807) is 22.0 Å². The summed E-state index contributed by atoms with van der Waals surface area (Å²) in [6, 6.07) is 1.53. The van der Waals surface area contributed by atoms with Crippen molar-refractivity contribution in [1.29, 1.82) is 0 Å². The Labute approximate surface area is 124 Å². The minimum atomic E-state index is -2.61. The van der Waals surface area contributed by atoms with E-state index in [1.165, 1.54) is 11.4 Å². The number of piperidine rings is 1. The summed E-state index contributed by atoms with van der Waals surface area (Å²) >= 11 is 0.923. The summed E-state index contributed by atoms with van der Waals surface area (Å²) in [6.45, 7) is 1.06. The second-order valence-corrected chi connectivity index (χ2v) is 5.88. The molecule has 0 bridgehead atoms. The number of hydrogen-bond donors (Lipinski definition) is 0. The number of carbonyl (C=O) groups excluding carboxylic acids is 1. The molecule has 3 rings (SSSR count). The third-order valence-corrected chi connectivity index (χ3v) is 4.55. The monoisotopic (exact) mass is 312 g/mol. The Bertz CT molecular complexity index is 613. The van der Waals surface area contributed by atoms with Crippen LogP contribution in [-0.2, 0) is 0 Å². The average Bonchev–Trinajstić information content (AvgIpc) is 3.17. The summed E-state index contributed by atoms with van der Waals surface area (Å²) in [4.78, 5) is 13.9. The number of likely N-dealkylation sites (tertiary alicyclic amines) is 1. The molecule has 1 atom stereocenters. The van der Waals surface area contributed by atoms with Crippen molar-refractivity contribution in [1.82, 2.24) is 19.9 Å². The standard InChI is InChI=1S/C13H14F2N4OS/c14-12(15)11-10(3-7-21-11)13(20)18-5-1-2-9(8-18)19-6-4-16-17-19/h3-4,6-7,9,12H,1-2,5,8H2. The molecular formula is C13H14F2N4OS. The zero-order valence-corrected chi connectivity index (χ0v) is 12.0. The van der Waals surface area contributed by atoms with E-state index in [1.807, 2.05) is 0 Å². The molecule has 21 heavy (non-hydrogen) atoms. The zero-order chi connectivity index (χ0) is 14.8. The molecule has 2 aromatic heterocycles. The molecule has 2 aromatic rings. The summed E-state index contributed by atoms with van der Waals surface area (Å²) in [7, 11) is 0. The maximum absolute atomic E-state index is 12.9. The molecular weight excluding hydrogens is 298 g/mol. The first-order valence-electron chi connectivity index (χ1n) is 6.67. The molecule has 1 aliphatic rings. The minimum absolute atomic E-state index is 0.0545. The summed E-state index contributed by atoms with van der Waals surface area (Å²) in [5.74, 6) is -0.323. The smallest absolute Gasteiger partial charge is 0.273 e. The maximum atomic E-state index is 12.9. The second-order valence-electron chi connectivity index (χ2n) is 4.93. The Morgan fingerprint density at radius 1 is 1.48 bits per heavy atom. The van der Waals surface area contributed by atoms with Gasteiger partial charge in [-0.3, -0.25) is 4.79 Å². The number of hydrogen-bond acceptors (Lipinski definition) is 4. The third-order valence-electron chi connectivity index (χ3n) is 3.62. The predicted octanol–water partition coefficient (Wildman–Crippen LogP) is 2.75. The van der Waals surface area contributed by atoms with E-state index in [2.05, 4.69) is 10.3 Å². The van der Waals surface area contributed by atoms with Crippen LogP contribution in [0.4, 0.5) is 8.78 Å². The normalized spacial score (nSPS) is 19.2. The van der Waals surface area contributed by atoms with Gasteiger partial charge in [-0.15, -0.1) is 16.4 Å². The quantitative estimate of drug-likeness (QED) is 0.875. The number of thiophene rings is 1. The number of nitrogens with zero attached hydrogens (tertiary/aromatic N) is 4. The lowest BCUT2D eigenvalue weighted by atomic mass is 10.0. The lowest BCUT2D eigenvalue weighted by Crippen LogP contribution is -2.41. The van der Waals surface area contributed by atoms with Crippen molar-refractivity contribution >= 4 is 17.2 Å². The number of aromatic nitrogens is 3. The van der Waals surface area contributed by atoms with E-state index in [0.717, 1.165) is 24.2 Å². The highest BCUT2D eigenvalue weighted by atomic mass is 32.1. The molecule has 1 aliphatic heterocycles. The van der Waals surface area contributed by atoms with Gasteiger partial charge in [0.1, 0.15) is 0 Å². The molecule has 3 heterocycles. The van der Waals surface area contributed by atoms with Crippen LogP contribution in [0.15, 0.2) is 23.8 Å². The third kappa shape index (κ3) is 2.80. The van der Waals surface area contributed by atoms with Gasteiger partial charge in [0.05, 0.1) is 22.7 Å². The van der Waals surface area contributed by atoms with Gasteiger partial charge in [0.25, 0.3) is 12.3 Å². The molecule has 1 saturated heterocycles. The van der Waals surface area contributed by atoms with Gasteiger partial charge in [0, 0.05) is 19.3 Å². The van der Waals surface area contributed by atoms with Crippen LogP contribution in [0.2, 0.25) is 0 Å². The average molecular weight is 312 g/mol. The van der Waals surface area contributed by atoms with Gasteiger partial charge >= 0.3 is 0 Å². The van der Waals surface area contributed by atoms with Crippen molar-refractivity contribution in [3.8, 4) is 0 Å². The van der Waals surface area contributed by atoms with Crippen LogP contribution < -0.4 is 0 Å². The molecule has 1 fully saturated rings. The van der Waals surface area contributed by atoms with Gasteiger partial charge in [0.2, 0.25) is 0 Å². The van der Waals surface area contributed by atoms with Gasteiger partial charge in [-0.05, 0) is 24.3 Å². The Kier molecular flexibility index (Phi) is 3.96. The SMILES string of the molecule is O=C(c1ccsc1C(F)F)N1CCCC(n2ccnn2)C1. The molecule has 0 radical (unpaired) electrons. The first-order chi connectivity index (χ1) is 10.2. The molecule has 5 nitrogen and oxygen atoms in total. The number of carbonyl (C=O) groups is 1. The van der Waals surface area contributed by atoms with E-state index < -0.39 is 6.43 Å². The molecule has 8 heteroatoms. The zero-order valence-electron chi connectivity index (χ0n) is 11.2. The highest BCUT2D eigenvalue weighted by molar-refractivity contribution is 7.10. The first kappa shape index (κ1) is 14.1. The predicted molar refractivity (Wildman–Crippen MR) is 73.5 cm³/mol. The molecule has 0 aliphatic carbocycles. The van der Waals surface area contributed by atoms with Crippen LogP contribution in [0.3, 0.4) is 0 Å². The van der Waals surface area contributed by atoms with Crippen LogP contribution in [-0.4, -0.2) is 38.9 Å². The largest absolute Gasteiger partial charge is 0.336 e. The van der Waals surface area contributed by atoms with Gasteiger partial charge in [0.15, 0.2) is 0 Å². The summed E-state index contributed by atoms with van der Waals surface area (Å²) < 4.78 is 27.5. The van der Waals surface area contributed by atoms with Gasteiger partial charge in [-0.2, -0.15) is 0 Å². The van der Waals surface area contributed by atoms with E-state index >= 15 is 0 Å². The van der Waals surface area contributed by atoms with Crippen molar-refractivity contribution in [3.05, 3.63) is 34.3 Å². The Morgan fingerprint density at radius 2 is 2.33 bits per heavy atom. The fourth-order valence-electron chi connectivity index (χ4n) is 2.60. The van der Waals surface area contributed by atoms with Crippen LogP contribution in [0.5, 0.6) is 0 Å². The molecule has 0 N–H and O–H groups in total. The first-order valence-corrected chi connectivity index (χ1v) is 7.55. The van der Waals surface area contributed by atoms with Crippen molar-refractivity contribution in [2.75, 3.05) is 13.1 Å². The Morgan fingerprint density at radius 3 is 3.05 bits per heavy atom. The van der Waals surface area contributed by atoms with E-state index in [0.29, 0.717) is 13.1 Å². The van der Waals surface area contributed by atoms with Gasteiger partial charge < -0.3 is 4.90 Å². The molecule has 0 spiro atoms. The molecule has 0 aromatic carbocycles. The van der Waals surface area contributed by atoms with Crippen LogP contribution in [0.1, 0.15) is 40.5 Å². The maximum Gasteiger partial charge on any atom is 0.273 e. The number of alkyl halides is 2. The highest BCUT2D eigenvalue weighted by Crippen LogP contribution is 2.30. The van der Waals surface area contributed by atoms with Gasteiger partial charge in [-0.25, -0.2) is 13.5 Å². The van der Waals surface area contributed by atoms with Gasteiger partial charge in [-0.1, -0.05) is 5.21 Å². The van der Waals surface area contributed by atoms with E-state index in [9.17, 15) is 13.6 Å². The molecule has 112 valence electrons. The lowest BCUT2D eigenvalue weighted by molar-refractivity contribution is 0.0663. The lowest BCUT2D eigenvalue weighted by Gasteiger charge is -2.32. The summed E-state index contributed by atoms with van der Waals surface area (Å²) in [6.07, 6.45) is 2.46. The topological polar surface area (TPSA) is 51.0 Å². The summed E-state index contributed by atoms with van der Waals surface area (Å²) in [5, 5.41) is 9.25. The highest BCUT2D eigenvalue weighted by Gasteiger charge is 2.29. The molecule has 1 unspecified atom stereocenters. The molecule has 1 amide bonds. The van der Waals surface area contributed by atoms with Crippen LogP contribution >= 0.6 is 11.3 Å². The van der Waals surface area contributed by atoms with Crippen molar-refractivity contribution in [2.45, 2.75) is 25.3 Å². The van der Waals surface area contributed by atoms with Crippen LogP contribution in [0.25, 0.3) is 0 Å². The van der Waals surface area contributed by atoms with Crippen molar-refractivity contribution in [2.24, 2.45) is 0 Å². The second kappa shape index (κ2) is 5.88. The number of rotatable bonds is 3. The molecule has 0 saturated carbocycles. The Balaban J connectivity index is 1.77. The van der Waals surface area contributed by atoms with Crippen molar-refractivity contribution < 1.29 is 13.6 Å². The fraction of sp³-hybridized carbons (Fsp3) is 0.462. The van der Waals surface area contributed by atoms with E-state index in [4.69, 9.17) is 0 Å². The van der Waals surface area contributed by atoms with E-state index in [-0.39, 0.29) is 22.4 Å². The minimum Gasteiger partial charge on any atom is -0.336 e. The Hall–Kier alpha value is -1.83. The number of halogens is 2. The fourth-order valence-corrected chi connectivity index (χ4v) is 3.34. The number of amides is 1. The van der Waals surface area contributed by atoms with Crippen LogP contribution in [0, 0.1) is 0 Å². The summed E-state index contributed by atoms with van der Waals surface area (Å²) in [5.41, 5.74) is 0.120. The van der Waals surface area contributed by atoms with Crippen molar-refractivity contribution in [3.63, 3.8) is 0 Å².